The average molecular weight is 201 g/mol. The topological polar surface area (TPSA) is 62.4 Å². The van der Waals surface area contributed by atoms with Crippen LogP contribution in [0.3, 0.4) is 0 Å². The summed E-state index contributed by atoms with van der Waals surface area (Å²) in [7, 11) is 0. The first-order chi connectivity index (χ1) is 6.47. The van der Waals surface area contributed by atoms with Crippen molar-refractivity contribution in [3.63, 3.8) is 0 Å². The minimum Gasteiger partial charge on any atom is -0.353 e. The van der Waals surface area contributed by atoms with Crippen molar-refractivity contribution in [2.45, 2.75) is 38.8 Å². The van der Waals surface area contributed by atoms with Crippen molar-refractivity contribution in [3.05, 3.63) is 0 Å². The molecule has 1 fully saturated rings. The second-order valence-corrected chi connectivity index (χ2v) is 4.58. The highest BCUT2D eigenvalue weighted by Gasteiger charge is 2.18. The van der Waals surface area contributed by atoms with Crippen LogP contribution in [-0.2, 0) is 4.84 Å². The summed E-state index contributed by atoms with van der Waals surface area (Å²) in [6.07, 6.45) is 0.554. The normalized spacial score (nSPS) is 22.1. The maximum Gasteiger partial charge on any atom is 0.426 e. The Morgan fingerprint density at radius 1 is 1.50 bits per heavy atom. The van der Waals surface area contributed by atoms with Gasteiger partial charge in [-0.05, 0) is 33.7 Å². The van der Waals surface area contributed by atoms with Crippen LogP contribution < -0.4 is 16.1 Å². The van der Waals surface area contributed by atoms with Gasteiger partial charge in [-0.15, -0.1) is 5.48 Å². The molecule has 0 bridgehead atoms. The van der Waals surface area contributed by atoms with Gasteiger partial charge < -0.3 is 15.5 Å². The summed E-state index contributed by atoms with van der Waals surface area (Å²) in [4.78, 5) is 16.1. The Morgan fingerprint density at radius 3 is 2.71 bits per heavy atom. The van der Waals surface area contributed by atoms with Gasteiger partial charge in [0, 0.05) is 18.1 Å². The van der Waals surface area contributed by atoms with E-state index in [1.54, 1.807) is 0 Å². The van der Waals surface area contributed by atoms with E-state index in [1.165, 1.54) is 0 Å². The third kappa shape index (κ3) is 4.43. The van der Waals surface area contributed by atoms with Gasteiger partial charge in [0.05, 0.1) is 0 Å². The molecule has 1 aliphatic heterocycles. The first kappa shape index (κ1) is 11.3. The molecular formula is C9H19N3O2. The molecule has 1 atom stereocenters. The van der Waals surface area contributed by atoms with E-state index in [4.69, 9.17) is 4.84 Å². The zero-order valence-corrected chi connectivity index (χ0v) is 9.02. The number of hydroxylamine groups is 1. The highest BCUT2D eigenvalue weighted by Crippen LogP contribution is 2.00. The summed E-state index contributed by atoms with van der Waals surface area (Å²) in [6, 6.07) is 0.198. The van der Waals surface area contributed by atoms with Crippen LogP contribution in [0.2, 0.25) is 0 Å². The Morgan fingerprint density at radius 2 is 2.21 bits per heavy atom. The standard InChI is InChI=1S/C9H19N3O2/c1-9(2,3)12-14-8(13)11-7-4-5-10-6-7/h7,10,12H,4-6H2,1-3H3,(H,11,13). The Kier molecular flexibility index (Phi) is 3.71. The first-order valence-corrected chi connectivity index (χ1v) is 4.92. The molecule has 0 aliphatic carbocycles. The number of carbonyl (C=O) groups excluding carboxylic acids is 1. The summed E-state index contributed by atoms with van der Waals surface area (Å²) in [5.74, 6) is 0. The molecule has 5 heteroatoms. The Hall–Kier alpha value is -0.810. The van der Waals surface area contributed by atoms with Crippen LogP contribution in [0, 0.1) is 0 Å². The van der Waals surface area contributed by atoms with Gasteiger partial charge >= 0.3 is 6.09 Å². The van der Waals surface area contributed by atoms with Crippen LogP contribution in [0.15, 0.2) is 0 Å². The predicted molar refractivity (Wildman–Crippen MR) is 53.8 cm³/mol. The molecular weight excluding hydrogens is 182 g/mol. The van der Waals surface area contributed by atoms with E-state index in [2.05, 4.69) is 16.1 Å². The molecule has 1 heterocycles. The van der Waals surface area contributed by atoms with Crippen LogP contribution in [0.25, 0.3) is 0 Å². The van der Waals surface area contributed by atoms with E-state index < -0.39 is 6.09 Å². The van der Waals surface area contributed by atoms with Crippen LogP contribution in [0.1, 0.15) is 27.2 Å². The molecule has 0 aromatic heterocycles. The fourth-order valence-electron chi connectivity index (χ4n) is 1.17. The highest BCUT2D eigenvalue weighted by molar-refractivity contribution is 5.67. The lowest BCUT2D eigenvalue weighted by Gasteiger charge is -2.20. The lowest BCUT2D eigenvalue weighted by atomic mass is 10.1. The quantitative estimate of drug-likeness (QED) is 0.565. The molecule has 0 saturated carbocycles. The Labute approximate surface area is 84.5 Å². The van der Waals surface area contributed by atoms with E-state index >= 15 is 0 Å². The molecule has 0 aromatic carbocycles. The fourth-order valence-corrected chi connectivity index (χ4v) is 1.17. The summed E-state index contributed by atoms with van der Waals surface area (Å²) in [5.41, 5.74) is 2.45. The molecule has 14 heavy (non-hydrogen) atoms. The number of amides is 1. The molecule has 5 nitrogen and oxygen atoms in total. The third-order valence-corrected chi connectivity index (χ3v) is 1.83. The molecule has 1 rings (SSSR count). The zero-order chi connectivity index (χ0) is 10.6. The zero-order valence-electron chi connectivity index (χ0n) is 9.02. The summed E-state index contributed by atoms with van der Waals surface area (Å²) < 4.78 is 0. The van der Waals surface area contributed by atoms with Crippen LogP contribution >= 0.6 is 0 Å². The number of carbonyl (C=O) groups is 1. The molecule has 0 aromatic rings. The van der Waals surface area contributed by atoms with Gasteiger partial charge in [-0.25, -0.2) is 4.79 Å². The van der Waals surface area contributed by atoms with Crippen molar-refractivity contribution < 1.29 is 9.63 Å². The van der Waals surface area contributed by atoms with Crippen LogP contribution in [-0.4, -0.2) is 30.8 Å². The van der Waals surface area contributed by atoms with E-state index in [0.717, 1.165) is 19.5 Å². The van der Waals surface area contributed by atoms with E-state index in [9.17, 15) is 4.79 Å². The van der Waals surface area contributed by atoms with Gasteiger partial charge in [-0.3, -0.25) is 0 Å². The monoisotopic (exact) mass is 201 g/mol. The molecule has 1 unspecified atom stereocenters. The summed E-state index contributed by atoms with van der Waals surface area (Å²) in [6.45, 7) is 7.56. The average Bonchev–Trinajstić information content (AvgIpc) is 2.52. The highest BCUT2D eigenvalue weighted by atomic mass is 16.7. The molecule has 0 spiro atoms. The number of rotatable bonds is 2. The lowest BCUT2D eigenvalue weighted by molar-refractivity contribution is 0.0459. The van der Waals surface area contributed by atoms with Gasteiger partial charge in [-0.2, -0.15) is 0 Å². The van der Waals surface area contributed by atoms with Crippen molar-refractivity contribution in [1.82, 2.24) is 16.1 Å². The van der Waals surface area contributed by atoms with E-state index in [0.29, 0.717) is 0 Å². The number of nitrogens with one attached hydrogen (secondary N) is 3. The van der Waals surface area contributed by atoms with Crippen molar-refractivity contribution >= 4 is 6.09 Å². The SMILES string of the molecule is CC(C)(C)NOC(=O)NC1CCNC1. The number of hydrogen-bond acceptors (Lipinski definition) is 4. The largest absolute Gasteiger partial charge is 0.426 e. The van der Waals surface area contributed by atoms with Crippen molar-refractivity contribution in [2.24, 2.45) is 0 Å². The summed E-state index contributed by atoms with van der Waals surface area (Å²) in [5, 5.41) is 5.92. The van der Waals surface area contributed by atoms with Crippen molar-refractivity contribution in [3.8, 4) is 0 Å². The fraction of sp³-hybridized carbons (Fsp3) is 0.889. The number of hydrogen-bond donors (Lipinski definition) is 3. The van der Waals surface area contributed by atoms with Gasteiger partial charge in [-0.1, -0.05) is 0 Å². The summed E-state index contributed by atoms with van der Waals surface area (Å²) >= 11 is 0. The third-order valence-electron chi connectivity index (χ3n) is 1.83. The molecule has 1 amide bonds. The van der Waals surface area contributed by atoms with Gasteiger partial charge in [0.25, 0.3) is 0 Å². The molecule has 3 N–H and O–H groups in total. The molecule has 1 aliphatic rings. The molecule has 1 saturated heterocycles. The minimum atomic E-state index is -0.409. The molecule has 0 radical (unpaired) electrons. The van der Waals surface area contributed by atoms with Crippen molar-refractivity contribution in [2.75, 3.05) is 13.1 Å². The lowest BCUT2D eigenvalue weighted by Crippen LogP contribution is -2.44. The van der Waals surface area contributed by atoms with E-state index in [-0.39, 0.29) is 11.6 Å². The molecule has 82 valence electrons. The maximum atomic E-state index is 11.2. The Balaban J connectivity index is 2.15. The second kappa shape index (κ2) is 4.61. The predicted octanol–water partition coefficient (Wildman–Crippen LogP) is 0.378. The van der Waals surface area contributed by atoms with Gasteiger partial charge in [0.15, 0.2) is 0 Å². The van der Waals surface area contributed by atoms with Gasteiger partial charge in [0.1, 0.15) is 0 Å². The Bertz CT molecular complexity index is 195. The second-order valence-electron chi connectivity index (χ2n) is 4.58. The minimum absolute atomic E-state index is 0.198. The smallest absolute Gasteiger partial charge is 0.353 e. The van der Waals surface area contributed by atoms with Crippen LogP contribution in [0.4, 0.5) is 4.79 Å². The first-order valence-electron chi connectivity index (χ1n) is 4.92. The van der Waals surface area contributed by atoms with Crippen molar-refractivity contribution in [1.29, 1.82) is 0 Å². The van der Waals surface area contributed by atoms with E-state index in [1.807, 2.05) is 20.8 Å². The van der Waals surface area contributed by atoms with Crippen LogP contribution in [0.5, 0.6) is 0 Å². The van der Waals surface area contributed by atoms with Gasteiger partial charge in [0.2, 0.25) is 0 Å². The maximum absolute atomic E-state index is 11.2.